The van der Waals surface area contributed by atoms with Crippen LogP contribution in [0, 0.1) is 13.8 Å². The largest absolute Gasteiger partial charge is 0.497 e. The van der Waals surface area contributed by atoms with Gasteiger partial charge in [-0.1, -0.05) is 12.1 Å². The number of benzene rings is 2. The van der Waals surface area contributed by atoms with Gasteiger partial charge in [0.05, 0.1) is 19.9 Å². The molecule has 0 atom stereocenters. The molecule has 0 saturated heterocycles. The summed E-state index contributed by atoms with van der Waals surface area (Å²) in [4.78, 5) is 12.0. The smallest absolute Gasteiger partial charge is 0.277 e. The number of carbonyl (C=O) groups excluding carboxylic acids is 1. The Morgan fingerprint density at radius 3 is 2.50 bits per heavy atom. The number of carbonyl (C=O) groups is 1. The number of ether oxygens (including phenoxy) is 3. The van der Waals surface area contributed by atoms with Gasteiger partial charge in [-0.3, -0.25) is 4.79 Å². The van der Waals surface area contributed by atoms with E-state index in [1.54, 1.807) is 27.2 Å². The number of methoxy groups -OCH3 is 2. The maximum absolute atomic E-state index is 12.0. The average molecular weight is 356 g/mol. The van der Waals surface area contributed by atoms with E-state index in [1.807, 2.05) is 44.2 Å². The van der Waals surface area contributed by atoms with Crippen molar-refractivity contribution in [1.82, 2.24) is 5.43 Å². The molecule has 26 heavy (non-hydrogen) atoms. The third-order valence-corrected chi connectivity index (χ3v) is 3.85. The first-order valence-electron chi connectivity index (χ1n) is 8.20. The van der Waals surface area contributed by atoms with Crippen molar-refractivity contribution in [2.24, 2.45) is 5.10 Å². The molecule has 6 nitrogen and oxygen atoms in total. The van der Waals surface area contributed by atoms with Crippen molar-refractivity contribution < 1.29 is 19.0 Å². The van der Waals surface area contributed by atoms with Crippen molar-refractivity contribution in [2.75, 3.05) is 20.8 Å². The van der Waals surface area contributed by atoms with Crippen LogP contribution in [0.1, 0.15) is 23.6 Å². The number of hydrogen-bond acceptors (Lipinski definition) is 5. The second-order valence-corrected chi connectivity index (χ2v) is 5.86. The van der Waals surface area contributed by atoms with Gasteiger partial charge in [0.1, 0.15) is 17.2 Å². The normalized spacial score (nSPS) is 11.0. The summed E-state index contributed by atoms with van der Waals surface area (Å²) in [6.07, 6.45) is 0. The van der Waals surface area contributed by atoms with Crippen molar-refractivity contribution in [1.29, 1.82) is 0 Å². The van der Waals surface area contributed by atoms with Gasteiger partial charge in [-0.2, -0.15) is 5.10 Å². The van der Waals surface area contributed by atoms with Crippen LogP contribution in [0.5, 0.6) is 17.2 Å². The zero-order valence-electron chi connectivity index (χ0n) is 15.8. The Kier molecular flexibility index (Phi) is 6.60. The number of nitrogens with one attached hydrogen (secondary N) is 1. The molecule has 0 aromatic heterocycles. The van der Waals surface area contributed by atoms with Gasteiger partial charge >= 0.3 is 0 Å². The topological polar surface area (TPSA) is 69.2 Å². The zero-order valence-corrected chi connectivity index (χ0v) is 15.8. The van der Waals surface area contributed by atoms with E-state index >= 15 is 0 Å². The molecule has 0 heterocycles. The predicted molar refractivity (Wildman–Crippen MR) is 101 cm³/mol. The fourth-order valence-electron chi connectivity index (χ4n) is 2.34. The lowest BCUT2D eigenvalue weighted by atomic mass is 10.1. The molecule has 2 aromatic rings. The summed E-state index contributed by atoms with van der Waals surface area (Å²) in [6.45, 7) is 5.59. The number of hydrogen-bond donors (Lipinski definition) is 1. The van der Waals surface area contributed by atoms with Crippen molar-refractivity contribution >= 4 is 11.6 Å². The fraction of sp³-hybridized carbons (Fsp3) is 0.300. The molecular formula is C20H24N2O4. The lowest BCUT2D eigenvalue weighted by molar-refractivity contribution is -0.123. The molecule has 0 aliphatic carbocycles. The minimum atomic E-state index is -0.335. The molecule has 0 fully saturated rings. The van der Waals surface area contributed by atoms with Crippen LogP contribution in [-0.2, 0) is 4.79 Å². The Bertz CT molecular complexity index is 815. The van der Waals surface area contributed by atoms with Gasteiger partial charge in [0.2, 0.25) is 0 Å². The van der Waals surface area contributed by atoms with Gasteiger partial charge in [0.15, 0.2) is 6.61 Å². The van der Waals surface area contributed by atoms with E-state index in [-0.39, 0.29) is 12.5 Å². The van der Waals surface area contributed by atoms with Crippen LogP contribution < -0.4 is 19.6 Å². The van der Waals surface area contributed by atoms with Crippen LogP contribution in [0.25, 0.3) is 0 Å². The van der Waals surface area contributed by atoms with Crippen LogP contribution >= 0.6 is 0 Å². The number of amides is 1. The number of hydrazone groups is 1. The van der Waals surface area contributed by atoms with Crippen molar-refractivity contribution in [3.63, 3.8) is 0 Å². The van der Waals surface area contributed by atoms with Crippen molar-refractivity contribution in [3.8, 4) is 17.2 Å². The Balaban J connectivity index is 2.00. The highest BCUT2D eigenvalue weighted by molar-refractivity contribution is 6.01. The van der Waals surface area contributed by atoms with Crippen LogP contribution in [0.15, 0.2) is 41.5 Å². The second kappa shape index (κ2) is 8.89. The van der Waals surface area contributed by atoms with Gasteiger partial charge in [-0.15, -0.1) is 0 Å². The number of aryl methyl sites for hydroxylation is 2. The maximum Gasteiger partial charge on any atom is 0.277 e. The third kappa shape index (κ3) is 4.99. The molecule has 6 heteroatoms. The van der Waals surface area contributed by atoms with E-state index in [0.29, 0.717) is 23.0 Å². The molecule has 1 N–H and O–H groups in total. The zero-order chi connectivity index (χ0) is 19.1. The summed E-state index contributed by atoms with van der Waals surface area (Å²) >= 11 is 0. The van der Waals surface area contributed by atoms with Gasteiger partial charge < -0.3 is 14.2 Å². The van der Waals surface area contributed by atoms with Crippen molar-refractivity contribution in [2.45, 2.75) is 20.8 Å². The van der Waals surface area contributed by atoms with Gasteiger partial charge in [-0.05, 0) is 50.1 Å². The Morgan fingerprint density at radius 1 is 1.04 bits per heavy atom. The van der Waals surface area contributed by atoms with Crippen LogP contribution in [0.4, 0.5) is 0 Å². The molecular weight excluding hydrogens is 332 g/mol. The number of rotatable bonds is 7. The first-order chi connectivity index (χ1) is 12.4. The highest BCUT2D eigenvalue weighted by Crippen LogP contribution is 2.25. The molecule has 0 unspecified atom stereocenters. The standard InChI is InChI=1S/C20H24N2O4/c1-13-6-7-14(2)18(10-13)26-12-20(23)22-21-15(3)17-9-8-16(24-4)11-19(17)25-5/h6-11H,12H2,1-5H3,(H,22,23)/b21-15+. The van der Waals surface area contributed by atoms with E-state index in [0.717, 1.165) is 16.7 Å². The van der Waals surface area contributed by atoms with E-state index in [2.05, 4.69) is 10.5 Å². The fourth-order valence-corrected chi connectivity index (χ4v) is 2.34. The summed E-state index contributed by atoms with van der Waals surface area (Å²) < 4.78 is 16.1. The highest BCUT2D eigenvalue weighted by atomic mass is 16.5. The molecule has 0 aliphatic rings. The lowest BCUT2D eigenvalue weighted by Crippen LogP contribution is -2.25. The van der Waals surface area contributed by atoms with E-state index in [9.17, 15) is 4.79 Å². The monoisotopic (exact) mass is 356 g/mol. The maximum atomic E-state index is 12.0. The molecule has 138 valence electrons. The first kappa shape index (κ1) is 19.3. The molecule has 2 rings (SSSR count). The molecule has 2 aromatic carbocycles. The van der Waals surface area contributed by atoms with Crippen LogP contribution in [-0.4, -0.2) is 32.4 Å². The summed E-state index contributed by atoms with van der Waals surface area (Å²) in [5, 5.41) is 4.13. The quantitative estimate of drug-likeness (QED) is 0.611. The second-order valence-electron chi connectivity index (χ2n) is 5.86. The van der Waals surface area contributed by atoms with Gasteiger partial charge in [0.25, 0.3) is 5.91 Å². The molecule has 0 aliphatic heterocycles. The van der Waals surface area contributed by atoms with Crippen LogP contribution in [0.2, 0.25) is 0 Å². The third-order valence-electron chi connectivity index (χ3n) is 3.85. The summed E-state index contributed by atoms with van der Waals surface area (Å²) in [7, 11) is 3.16. The summed E-state index contributed by atoms with van der Waals surface area (Å²) in [6, 6.07) is 11.3. The molecule has 0 saturated carbocycles. The Morgan fingerprint density at radius 2 is 1.81 bits per heavy atom. The van der Waals surface area contributed by atoms with Crippen molar-refractivity contribution in [3.05, 3.63) is 53.1 Å². The first-order valence-corrected chi connectivity index (χ1v) is 8.20. The SMILES string of the molecule is COc1ccc(/C(C)=N/NC(=O)COc2cc(C)ccc2C)c(OC)c1. The molecule has 0 spiro atoms. The highest BCUT2D eigenvalue weighted by Gasteiger charge is 2.09. The minimum absolute atomic E-state index is 0.110. The van der Waals surface area contributed by atoms with E-state index in [1.165, 1.54) is 0 Å². The van der Waals surface area contributed by atoms with Gasteiger partial charge in [-0.25, -0.2) is 5.43 Å². The Hall–Kier alpha value is -3.02. The molecule has 1 amide bonds. The van der Waals surface area contributed by atoms with Gasteiger partial charge in [0, 0.05) is 11.6 Å². The van der Waals surface area contributed by atoms with E-state index in [4.69, 9.17) is 14.2 Å². The minimum Gasteiger partial charge on any atom is -0.497 e. The summed E-state index contributed by atoms with van der Waals surface area (Å²) in [5.41, 5.74) is 5.94. The lowest BCUT2D eigenvalue weighted by Gasteiger charge is -2.11. The average Bonchev–Trinajstić information content (AvgIpc) is 2.66. The van der Waals surface area contributed by atoms with Crippen LogP contribution in [0.3, 0.4) is 0 Å². The number of nitrogens with zero attached hydrogens (tertiary/aromatic N) is 1. The van der Waals surface area contributed by atoms with E-state index < -0.39 is 0 Å². The summed E-state index contributed by atoms with van der Waals surface area (Å²) in [5.74, 6) is 1.66. The molecule has 0 bridgehead atoms. The predicted octanol–water partition coefficient (Wildman–Crippen LogP) is 3.24. The Labute approximate surface area is 153 Å². The molecule has 0 radical (unpaired) electrons.